The summed E-state index contributed by atoms with van der Waals surface area (Å²) in [5.41, 5.74) is 5.83. The minimum Gasteiger partial charge on any atom is -0.327 e. The minimum absolute atomic E-state index is 0.00709. The molecule has 0 aliphatic heterocycles. The van der Waals surface area contributed by atoms with Gasteiger partial charge in [-0.1, -0.05) is 31.9 Å². The molecule has 1 aromatic carbocycles. The van der Waals surface area contributed by atoms with Gasteiger partial charge in [0.2, 0.25) is 0 Å². The Labute approximate surface area is 112 Å². The van der Waals surface area contributed by atoms with Crippen LogP contribution >= 0.6 is 11.6 Å². The SMILES string of the molecule is CCC(C)C(N)CS(=O)(=O)c1ccc(F)c(Cl)c1. The highest BCUT2D eigenvalue weighted by Crippen LogP contribution is 2.21. The van der Waals surface area contributed by atoms with Crippen LogP contribution in [0.2, 0.25) is 5.02 Å². The first kappa shape index (κ1) is 15.4. The molecule has 102 valence electrons. The van der Waals surface area contributed by atoms with E-state index in [2.05, 4.69) is 0 Å². The number of nitrogens with two attached hydrogens (primary N) is 1. The van der Waals surface area contributed by atoms with Crippen LogP contribution in [0.25, 0.3) is 0 Å². The molecule has 0 radical (unpaired) electrons. The van der Waals surface area contributed by atoms with E-state index in [0.29, 0.717) is 0 Å². The van der Waals surface area contributed by atoms with Crippen LogP contribution < -0.4 is 5.73 Å². The summed E-state index contributed by atoms with van der Waals surface area (Å²) in [4.78, 5) is 0.00709. The predicted molar refractivity (Wildman–Crippen MR) is 70.9 cm³/mol. The first-order chi connectivity index (χ1) is 8.27. The average Bonchev–Trinajstić information content (AvgIpc) is 2.30. The first-order valence-corrected chi connectivity index (χ1v) is 7.74. The van der Waals surface area contributed by atoms with E-state index in [1.807, 2.05) is 13.8 Å². The lowest BCUT2D eigenvalue weighted by molar-refractivity contribution is 0.466. The van der Waals surface area contributed by atoms with Gasteiger partial charge in [-0.05, 0) is 24.1 Å². The third kappa shape index (κ3) is 3.67. The average molecular weight is 294 g/mol. The maximum atomic E-state index is 13.0. The highest BCUT2D eigenvalue weighted by molar-refractivity contribution is 7.91. The zero-order valence-corrected chi connectivity index (χ0v) is 11.9. The Balaban J connectivity index is 2.96. The smallest absolute Gasteiger partial charge is 0.179 e. The van der Waals surface area contributed by atoms with Gasteiger partial charge in [0.15, 0.2) is 9.84 Å². The molecule has 0 aromatic heterocycles. The molecule has 3 nitrogen and oxygen atoms in total. The Morgan fingerprint density at radius 2 is 2.06 bits per heavy atom. The molecule has 1 aromatic rings. The van der Waals surface area contributed by atoms with Crippen LogP contribution in [0.3, 0.4) is 0 Å². The van der Waals surface area contributed by atoms with Crippen molar-refractivity contribution in [3.63, 3.8) is 0 Å². The van der Waals surface area contributed by atoms with E-state index in [9.17, 15) is 12.8 Å². The summed E-state index contributed by atoms with van der Waals surface area (Å²) >= 11 is 5.58. The minimum atomic E-state index is -3.53. The van der Waals surface area contributed by atoms with Crippen molar-refractivity contribution in [2.45, 2.75) is 31.2 Å². The fraction of sp³-hybridized carbons (Fsp3) is 0.500. The van der Waals surface area contributed by atoms with Crippen LogP contribution in [-0.2, 0) is 9.84 Å². The van der Waals surface area contributed by atoms with E-state index in [4.69, 9.17) is 17.3 Å². The highest BCUT2D eigenvalue weighted by atomic mass is 35.5. The van der Waals surface area contributed by atoms with Gasteiger partial charge in [0, 0.05) is 6.04 Å². The normalized spacial score (nSPS) is 15.4. The molecule has 1 rings (SSSR count). The molecule has 2 unspecified atom stereocenters. The van der Waals surface area contributed by atoms with Gasteiger partial charge in [-0.25, -0.2) is 12.8 Å². The maximum absolute atomic E-state index is 13.0. The van der Waals surface area contributed by atoms with Gasteiger partial charge in [-0.15, -0.1) is 0 Å². The molecule has 18 heavy (non-hydrogen) atoms. The van der Waals surface area contributed by atoms with E-state index in [1.165, 1.54) is 6.07 Å². The molecule has 0 bridgehead atoms. The predicted octanol–water partition coefficient (Wildman–Crippen LogP) is 2.63. The zero-order chi connectivity index (χ0) is 13.9. The molecule has 0 saturated carbocycles. The molecular weight excluding hydrogens is 277 g/mol. The second-order valence-electron chi connectivity index (χ2n) is 4.41. The lowest BCUT2D eigenvalue weighted by Gasteiger charge is -2.18. The molecule has 0 heterocycles. The Bertz CT molecular complexity index is 519. The molecule has 0 spiro atoms. The fourth-order valence-electron chi connectivity index (χ4n) is 1.49. The van der Waals surface area contributed by atoms with Gasteiger partial charge in [0.05, 0.1) is 15.7 Å². The monoisotopic (exact) mass is 293 g/mol. The standard InChI is InChI=1S/C12H17ClFNO2S/c1-3-8(2)12(15)7-18(16,17)9-4-5-11(14)10(13)6-9/h4-6,8,12H,3,7,15H2,1-2H3. The lowest BCUT2D eigenvalue weighted by Crippen LogP contribution is -2.35. The largest absolute Gasteiger partial charge is 0.327 e. The second kappa shape index (κ2) is 5.99. The first-order valence-electron chi connectivity index (χ1n) is 5.71. The number of hydrogen-bond acceptors (Lipinski definition) is 3. The molecule has 6 heteroatoms. The quantitative estimate of drug-likeness (QED) is 0.849. The van der Waals surface area contributed by atoms with E-state index < -0.39 is 21.7 Å². The van der Waals surface area contributed by atoms with E-state index in [0.717, 1.165) is 18.6 Å². The van der Waals surface area contributed by atoms with Gasteiger partial charge in [-0.2, -0.15) is 0 Å². The number of halogens is 2. The van der Waals surface area contributed by atoms with Crippen LogP contribution in [-0.4, -0.2) is 20.2 Å². The van der Waals surface area contributed by atoms with Crippen molar-refractivity contribution in [2.75, 3.05) is 5.75 Å². The molecule has 0 amide bonds. The van der Waals surface area contributed by atoms with E-state index >= 15 is 0 Å². The molecular formula is C12H17ClFNO2S. The van der Waals surface area contributed by atoms with Gasteiger partial charge < -0.3 is 5.73 Å². The van der Waals surface area contributed by atoms with Crippen LogP contribution in [0, 0.1) is 11.7 Å². The topological polar surface area (TPSA) is 60.2 Å². The molecule has 0 aliphatic carbocycles. The summed E-state index contributed by atoms with van der Waals surface area (Å²) in [6, 6.07) is 2.93. The van der Waals surface area contributed by atoms with Crippen LogP contribution in [0.15, 0.2) is 23.1 Å². The van der Waals surface area contributed by atoms with Gasteiger partial charge >= 0.3 is 0 Å². The molecule has 2 atom stereocenters. The summed E-state index contributed by atoms with van der Waals surface area (Å²) in [5, 5.41) is -0.201. The van der Waals surface area contributed by atoms with Crippen molar-refractivity contribution in [3.05, 3.63) is 29.0 Å². The van der Waals surface area contributed by atoms with Crippen molar-refractivity contribution in [3.8, 4) is 0 Å². The van der Waals surface area contributed by atoms with Crippen molar-refractivity contribution in [1.82, 2.24) is 0 Å². The van der Waals surface area contributed by atoms with E-state index in [1.54, 1.807) is 0 Å². The molecule has 2 N–H and O–H groups in total. The Morgan fingerprint density at radius 1 is 1.44 bits per heavy atom. The van der Waals surface area contributed by atoms with Crippen molar-refractivity contribution < 1.29 is 12.8 Å². The lowest BCUT2D eigenvalue weighted by atomic mass is 10.0. The maximum Gasteiger partial charge on any atom is 0.179 e. The molecule has 0 fully saturated rings. The number of hydrogen-bond donors (Lipinski definition) is 1. The summed E-state index contributed by atoms with van der Waals surface area (Å²) in [6.45, 7) is 3.85. The van der Waals surface area contributed by atoms with Crippen molar-refractivity contribution in [2.24, 2.45) is 11.7 Å². The third-order valence-electron chi connectivity index (χ3n) is 3.04. The van der Waals surface area contributed by atoms with E-state index in [-0.39, 0.29) is 21.6 Å². The van der Waals surface area contributed by atoms with Gasteiger partial charge in [-0.3, -0.25) is 0 Å². The van der Waals surface area contributed by atoms with Crippen molar-refractivity contribution >= 4 is 21.4 Å². The summed E-state index contributed by atoms with van der Waals surface area (Å²) in [5.74, 6) is -0.693. The summed E-state index contributed by atoms with van der Waals surface area (Å²) in [7, 11) is -3.53. The van der Waals surface area contributed by atoms with Gasteiger partial charge in [0.1, 0.15) is 5.82 Å². The van der Waals surface area contributed by atoms with Crippen molar-refractivity contribution in [1.29, 1.82) is 0 Å². The van der Waals surface area contributed by atoms with Crippen LogP contribution in [0.1, 0.15) is 20.3 Å². The number of benzene rings is 1. The van der Waals surface area contributed by atoms with Gasteiger partial charge in [0.25, 0.3) is 0 Å². The Hall–Kier alpha value is -0.650. The zero-order valence-electron chi connectivity index (χ0n) is 10.4. The summed E-state index contributed by atoms with van der Waals surface area (Å²) in [6.07, 6.45) is 0.806. The van der Waals surface area contributed by atoms with Crippen LogP contribution in [0.4, 0.5) is 4.39 Å². The van der Waals surface area contributed by atoms with Crippen LogP contribution in [0.5, 0.6) is 0 Å². The highest BCUT2D eigenvalue weighted by Gasteiger charge is 2.22. The number of sulfone groups is 1. The Kier molecular flexibility index (Phi) is 5.13. The fourth-order valence-corrected chi connectivity index (χ4v) is 3.33. The molecule has 0 aliphatic rings. The Morgan fingerprint density at radius 3 is 2.56 bits per heavy atom. The molecule has 0 saturated heterocycles. The number of rotatable bonds is 5. The third-order valence-corrected chi connectivity index (χ3v) is 5.12. The summed E-state index contributed by atoms with van der Waals surface area (Å²) < 4.78 is 37.1. The second-order valence-corrected chi connectivity index (χ2v) is 6.85.